The number of para-hydroxylation sites is 1. The molecular formula is C14H15N3OS. The molecule has 2 heterocycles. The molecule has 1 aromatic carbocycles. The number of benzene rings is 1. The normalized spacial score (nSPS) is 13.9. The third-order valence-electron chi connectivity index (χ3n) is 3.32. The van der Waals surface area contributed by atoms with Gasteiger partial charge in [-0.05, 0) is 12.1 Å². The van der Waals surface area contributed by atoms with Crippen molar-refractivity contribution in [3.8, 4) is 17.1 Å². The third kappa shape index (κ3) is 2.27. The molecule has 0 unspecified atom stereocenters. The summed E-state index contributed by atoms with van der Waals surface area (Å²) in [4.78, 5) is 7.90. The fraction of sp³-hybridized carbons (Fsp3) is 0.286. The molecule has 5 heteroatoms. The van der Waals surface area contributed by atoms with Crippen LogP contribution < -0.4 is 10.1 Å². The summed E-state index contributed by atoms with van der Waals surface area (Å²) in [6.45, 7) is 1.76. The van der Waals surface area contributed by atoms with Gasteiger partial charge in [0.25, 0.3) is 0 Å². The Hall–Kier alpha value is -1.72. The van der Waals surface area contributed by atoms with Gasteiger partial charge >= 0.3 is 0 Å². The Bertz CT molecular complexity index is 666. The number of ether oxygens (including phenoxy) is 1. The number of nitrogens with one attached hydrogen (secondary N) is 2. The van der Waals surface area contributed by atoms with Gasteiger partial charge in [-0.25, -0.2) is 4.98 Å². The molecule has 0 radical (unpaired) electrons. The maximum absolute atomic E-state index is 5.39. The zero-order valence-corrected chi connectivity index (χ0v) is 11.5. The number of rotatable bonds is 2. The molecule has 0 atom stereocenters. The van der Waals surface area contributed by atoms with Crippen molar-refractivity contribution in [2.45, 2.75) is 13.0 Å². The number of aromatic nitrogens is 2. The molecule has 4 nitrogen and oxygen atoms in total. The van der Waals surface area contributed by atoms with E-state index < -0.39 is 0 Å². The van der Waals surface area contributed by atoms with E-state index in [9.17, 15) is 0 Å². The van der Waals surface area contributed by atoms with Gasteiger partial charge in [0, 0.05) is 30.8 Å². The van der Waals surface area contributed by atoms with Gasteiger partial charge in [0.15, 0.2) is 0 Å². The fourth-order valence-corrected chi connectivity index (χ4v) is 2.62. The van der Waals surface area contributed by atoms with E-state index in [-0.39, 0.29) is 0 Å². The van der Waals surface area contributed by atoms with Gasteiger partial charge in [-0.3, -0.25) is 0 Å². The minimum Gasteiger partial charge on any atom is -0.496 e. The molecule has 3 rings (SSSR count). The number of methoxy groups -OCH3 is 1. The minimum absolute atomic E-state index is 0.668. The number of aromatic amines is 1. The fourth-order valence-electron chi connectivity index (χ4n) is 2.33. The van der Waals surface area contributed by atoms with Crippen LogP contribution in [0.3, 0.4) is 0 Å². The van der Waals surface area contributed by atoms with Crippen molar-refractivity contribution < 1.29 is 4.74 Å². The summed E-state index contributed by atoms with van der Waals surface area (Å²) in [5.41, 5.74) is 3.23. The van der Waals surface area contributed by atoms with Crippen LogP contribution in [0.15, 0.2) is 24.3 Å². The zero-order valence-electron chi connectivity index (χ0n) is 10.7. The highest BCUT2D eigenvalue weighted by Gasteiger charge is 2.15. The molecule has 0 fully saturated rings. The van der Waals surface area contributed by atoms with Crippen molar-refractivity contribution in [2.24, 2.45) is 0 Å². The third-order valence-corrected chi connectivity index (χ3v) is 3.66. The van der Waals surface area contributed by atoms with Crippen molar-refractivity contribution in [2.75, 3.05) is 13.7 Å². The molecule has 19 heavy (non-hydrogen) atoms. The molecule has 2 aromatic rings. The van der Waals surface area contributed by atoms with Crippen LogP contribution in [-0.2, 0) is 13.0 Å². The van der Waals surface area contributed by atoms with Crippen LogP contribution in [0, 0.1) is 4.64 Å². The topological polar surface area (TPSA) is 49.9 Å². The van der Waals surface area contributed by atoms with Gasteiger partial charge in [-0.1, -0.05) is 24.4 Å². The van der Waals surface area contributed by atoms with Crippen LogP contribution in [0.4, 0.5) is 0 Å². The van der Waals surface area contributed by atoms with Crippen LogP contribution in [0.5, 0.6) is 5.75 Å². The second kappa shape index (κ2) is 5.11. The van der Waals surface area contributed by atoms with Crippen LogP contribution in [0.25, 0.3) is 11.4 Å². The smallest absolute Gasteiger partial charge is 0.142 e. The summed E-state index contributed by atoms with van der Waals surface area (Å²) in [6, 6.07) is 7.82. The highest BCUT2D eigenvalue weighted by Crippen LogP contribution is 2.28. The van der Waals surface area contributed by atoms with Gasteiger partial charge in [0.2, 0.25) is 0 Å². The van der Waals surface area contributed by atoms with Crippen LogP contribution in [-0.4, -0.2) is 23.6 Å². The Balaban J connectivity index is 2.16. The lowest BCUT2D eigenvalue weighted by atomic mass is 10.1. The van der Waals surface area contributed by atoms with Gasteiger partial charge in [-0.2, -0.15) is 0 Å². The second-order valence-electron chi connectivity index (χ2n) is 4.47. The molecule has 0 amide bonds. The summed E-state index contributed by atoms with van der Waals surface area (Å²) in [6.07, 6.45) is 0.948. The van der Waals surface area contributed by atoms with E-state index in [1.165, 1.54) is 5.69 Å². The predicted molar refractivity (Wildman–Crippen MR) is 76.8 cm³/mol. The first kappa shape index (κ1) is 12.3. The van der Waals surface area contributed by atoms with Crippen molar-refractivity contribution in [3.63, 3.8) is 0 Å². The Morgan fingerprint density at radius 3 is 3.00 bits per heavy atom. The van der Waals surface area contributed by atoms with E-state index in [4.69, 9.17) is 17.0 Å². The predicted octanol–water partition coefficient (Wildman–Crippen LogP) is 2.46. The molecular weight excluding hydrogens is 258 g/mol. The van der Waals surface area contributed by atoms with Crippen LogP contribution in [0.2, 0.25) is 0 Å². The maximum atomic E-state index is 5.39. The van der Waals surface area contributed by atoms with Gasteiger partial charge in [0.05, 0.1) is 12.7 Å². The number of H-pyrrole nitrogens is 1. The maximum Gasteiger partial charge on any atom is 0.142 e. The van der Waals surface area contributed by atoms with Gasteiger partial charge in [0.1, 0.15) is 16.2 Å². The summed E-state index contributed by atoms with van der Waals surface area (Å²) in [7, 11) is 1.66. The average molecular weight is 273 g/mol. The first-order valence-electron chi connectivity index (χ1n) is 6.26. The summed E-state index contributed by atoms with van der Waals surface area (Å²) in [5.74, 6) is 1.58. The minimum atomic E-state index is 0.668. The molecule has 0 bridgehead atoms. The molecule has 0 saturated carbocycles. The van der Waals surface area contributed by atoms with Crippen molar-refractivity contribution in [1.29, 1.82) is 0 Å². The van der Waals surface area contributed by atoms with Crippen molar-refractivity contribution in [1.82, 2.24) is 15.3 Å². The standard InChI is InChI=1S/C14H15N3OS/c1-18-12-5-3-2-4-9(12)13-16-11-6-7-15-8-10(11)14(19)17-13/h2-5,15H,6-8H2,1H3,(H,16,17,19). The lowest BCUT2D eigenvalue weighted by Crippen LogP contribution is -2.25. The summed E-state index contributed by atoms with van der Waals surface area (Å²) in [5, 5.41) is 3.31. The Morgan fingerprint density at radius 1 is 1.32 bits per heavy atom. The van der Waals surface area contributed by atoms with Gasteiger partial charge in [-0.15, -0.1) is 0 Å². The van der Waals surface area contributed by atoms with Crippen molar-refractivity contribution >= 4 is 12.2 Å². The van der Waals surface area contributed by atoms with E-state index in [2.05, 4.69) is 15.3 Å². The number of fused-ring (bicyclic) bond motifs is 1. The number of nitrogens with zero attached hydrogens (tertiary/aromatic N) is 1. The lowest BCUT2D eigenvalue weighted by Gasteiger charge is -2.18. The molecule has 1 aromatic heterocycles. The second-order valence-corrected chi connectivity index (χ2v) is 4.86. The molecule has 98 valence electrons. The van der Waals surface area contributed by atoms with E-state index in [1.807, 2.05) is 24.3 Å². The first-order chi connectivity index (χ1) is 9.29. The van der Waals surface area contributed by atoms with E-state index in [1.54, 1.807) is 7.11 Å². The molecule has 0 spiro atoms. The van der Waals surface area contributed by atoms with Crippen LogP contribution in [0.1, 0.15) is 11.3 Å². The SMILES string of the molecule is COc1ccccc1-c1nc(=S)c2c([nH]1)CCNC2. The molecule has 1 aliphatic rings. The van der Waals surface area contributed by atoms with Crippen LogP contribution >= 0.6 is 12.2 Å². The molecule has 2 N–H and O–H groups in total. The summed E-state index contributed by atoms with van der Waals surface area (Å²) >= 11 is 5.39. The largest absolute Gasteiger partial charge is 0.496 e. The Kier molecular flexibility index (Phi) is 3.31. The molecule has 1 aliphatic heterocycles. The van der Waals surface area contributed by atoms with Gasteiger partial charge < -0.3 is 15.0 Å². The van der Waals surface area contributed by atoms with E-state index >= 15 is 0 Å². The summed E-state index contributed by atoms with van der Waals surface area (Å²) < 4.78 is 6.05. The van der Waals surface area contributed by atoms with Crippen molar-refractivity contribution in [3.05, 3.63) is 40.2 Å². The quantitative estimate of drug-likeness (QED) is 0.825. The molecule has 0 aliphatic carbocycles. The lowest BCUT2D eigenvalue weighted by molar-refractivity contribution is 0.416. The number of hydrogen-bond acceptors (Lipinski definition) is 4. The molecule has 0 saturated heterocycles. The Labute approximate surface area is 116 Å². The first-order valence-corrected chi connectivity index (χ1v) is 6.66. The highest BCUT2D eigenvalue weighted by molar-refractivity contribution is 7.71. The monoisotopic (exact) mass is 273 g/mol. The average Bonchev–Trinajstić information content (AvgIpc) is 2.47. The Morgan fingerprint density at radius 2 is 2.16 bits per heavy atom. The zero-order chi connectivity index (χ0) is 13.2. The number of hydrogen-bond donors (Lipinski definition) is 2. The van der Waals surface area contributed by atoms with E-state index in [0.717, 1.165) is 42.2 Å². The highest BCUT2D eigenvalue weighted by atomic mass is 32.1. The van der Waals surface area contributed by atoms with E-state index in [0.29, 0.717) is 4.64 Å².